The summed E-state index contributed by atoms with van der Waals surface area (Å²) < 4.78 is 1.75. The number of amides is 2. The van der Waals surface area contributed by atoms with Gasteiger partial charge in [-0.15, -0.1) is 10.2 Å². The van der Waals surface area contributed by atoms with Crippen molar-refractivity contribution in [1.29, 1.82) is 0 Å². The number of nitrogens with zero attached hydrogens (tertiary/aromatic N) is 3. The monoisotopic (exact) mass is 353 g/mol. The van der Waals surface area contributed by atoms with Gasteiger partial charge in [0.2, 0.25) is 11.8 Å². The number of anilines is 1. The number of rotatable bonds is 7. The summed E-state index contributed by atoms with van der Waals surface area (Å²) in [5, 5.41) is 11.8. The first kappa shape index (κ1) is 17.3. The number of hydrogen-bond donors (Lipinski definition) is 2. The van der Waals surface area contributed by atoms with Gasteiger partial charge in [0.25, 0.3) is 0 Å². The number of benzene rings is 1. The molecule has 0 aliphatic rings. The van der Waals surface area contributed by atoms with Gasteiger partial charge >= 0.3 is 0 Å². The first-order chi connectivity index (χ1) is 11.0. The molecule has 0 saturated heterocycles. The molecule has 1 aromatic carbocycles. The number of aromatic nitrogens is 3. The summed E-state index contributed by atoms with van der Waals surface area (Å²) >= 11 is 7.20. The van der Waals surface area contributed by atoms with Crippen LogP contribution in [0.5, 0.6) is 0 Å². The SMILES string of the molecule is Cn1c(CCC(=O)Nc2ccccc2Cl)nnc1SCC(N)=O. The zero-order valence-electron chi connectivity index (χ0n) is 12.5. The number of halogens is 1. The van der Waals surface area contributed by atoms with Crippen LogP contribution in [0, 0.1) is 0 Å². The molecule has 0 aliphatic heterocycles. The van der Waals surface area contributed by atoms with Gasteiger partial charge in [0.05, 0.1) is 16.5 Å². The van der Waals surface area contributed by atoms with Crippen LogP contribution in [-0.2, 0) is 23.1 Å². The van der Waals surface area contributed by atoms with E-state index in [1.54, 1.807) is 35.9 Å². The molecule has 122 valence electrons. The van der Waals surface area contributed by atoms with Gasteiger partial charge in [-0.2, -0.15) is 0 Å². The zero-order valence-corrected chi connectivity index (χ0v) is 14.0. The Morgan fingerprint density at radius 3 is 2.78 bits per heavy atom. The maximum absolute atomic E-state index is 12.0. The Balaban J connectivity index is 1.89. The van der Waals surface area contributed by atoms with E-state index in [0.29, 0.717) is 28.1 Å². The fourth-order valence-corrected chi connectivity index (χ4v) is 2.68. The van der Waals surface area contributed by atoms with Crippen LogP contribution in [-0.4, -0.2) is 32.3 Å². The minimum Gasteiger partial charge on any atom is -0.369 e. The Bertz CT molecular complexity index is 719. The van der Waals surface area contributed by atoms with Crippen molar-refractivity contribution in [3.8, 4) is 0 Å². The van der Waals surface area contributed by atoms with Crippen LogP contribution in [0.2, 0.25) is 5.02 Å². The molecular formula is C14H16ClN5O2S. The topological polar surface area (TPSA) is 103 Å². The van der Waals surface area contributed by atoms with Gasteiger partial charge in [-0.3, -0.25) is 9.59 Å². The van der Waals surface area contributed by atoms with Crippen molar-refractivity contribution in [2.75, 3.05) is 11.1 Å². The van der Waals surface area contributed by atoms with Crippen LogP contribution in [0.25, 0.3) is 0 Å². The maximum atomic E-state index is 12.0. The van der Waals surface area contributed by atoms with E-state index < -0.39 is 5.91 Å². The molecule has 2 aromatic rings. The van der Waals surface area contributed by atoms with Crippen molar-refractivity contribution < 1.29 is 9.59 Å². The van der Waals surface area contributed by atoms with Crippen molar-refractivity contribution in [1.82, 2.24) is 14.8 Å². The molecule has 0 atom stereocenters. The maximum Gasteiger partial charge on any atom is 0.227 e. The van der Waals surface area contributed by atoms with Crippen LogP contribution in [0.4, 0.5) is 5.69 Å². The molecule has 0 fully saturated rings. The van der Waals surface area contributed by atoms with Gasteiger partial charge in [-0.1, -0.05) is 35.5 Å². The first-order valence-electron chi connectivity index (χ1n) is 6.81. The fourth-order valence-electron chi connectivity index (χ4n) is 1.82. The van der Waals surface area contributed by atoms with E-state index in [9.17, 15) is 9.59 Å². The Kier molecular flexibility index (Phi) is 6.00. The Hall–Kier alpha value is -2.06. The van der Waals surface area contributed by atoms with Crippen LogP contribution < -0.4 is 11.1 Å². The van der Waals surface area contributed by atoms with E-state index in [-0.39, 0.29) is 18.1 Å². The van der Waals surface area contributed by atoms with E-state index in [1.807, 2.05) is 0 Å². The molecule has 2 rings (SSSR count). The molecule has 2 amide bonds. The molecule has 0 unspecified atom stereocenters. The quantitative estimate of drug-likeness (QED) is 0.736. The minimum absolute atomic E-state index is 0.138. The normalized spacial score (nSPS) is 10.5. The highest BCUT2D eigenvalue weighted by molar-refractivity contribution is 7.99. The summed E-state index contributed by atoms with van der Waals surface area (Å²) in [6.45, 7) is 0. The summed E-state index contributed by atoms with van der Waals surface area (Å²) in [7, 11) is 1.78. The van der Waals surface area contributed by atoms with Gasteiger partial charge in [-0.05, 0) is 12.1 Å². The van der Waals surface area contributed by atoms with Crippen LogP contribution in [0.15, 0.2) is 29.4 Å². The Morgan fingerprint density at radius 2 is 2.09 bits per heavy atom. The summed E-state index contributed by atoms with van der Waals surface area (Å²) in [4.78, 5) is 22.8. The Labute approximate surface area is 142 Å². The lowest BCUT2D eigenvalue weighted by atomic mass is 10.2. The predicted octanol–water partition coefficient (Wildman–Crippen LogP) is 1.62. The summed E-state index contributed by atoms with van der Waals surface area (Å²) in [5.41, 5.74) is 5.68. The van der Waals surface area contributed by atoms with Crippen LogP contribution in [0.3, 0.4) is 0 Å². The second-order valence-electron chi connectivity index (χ2n) is 4.74. The lowest BCUT2D eigenvalue weighted by Crippen LogP contribution is -2.14. The average molecular weight is 354 g/mol. The van der Waals surface area contributed by atoms with Crippen molar-refractivity contribution in [3.63, 3.8) is 0 Å². The molecule has 0 saturated carbocycles. The fraction of sp³-hybridized carbons (Fsp3) is 0.286. The van der Waals surface area contributed by atoms with Crippen molar-refractivity contribution in [2.45, 2.75) is 18.0 Å². The summed E-state index contributed by atoms with van der Waals surface area (Å²) in [5.74, 6) is 0.219. The van der Waals surface area contributed by atoms with E-state index in [0.717, 1.165) is 0 Å². The molecule has 1 aromatic heterocycles. The van der Waals surface area contributed by atoms with Crippen molar-refractivity contribution >= 4 is 40.9 Å². The molecule has 23 heavy (non-hydrogen) atoms. The lowest BCUT2D eigenvalue weighted by Gasteiger charge is -2.07. The third-order valence-electron chi connectivity index (χ3n) is 2.99. The molecule has 0 spiro atoms. The van der Waals surface area contributed by atoms with Gasteiger partial charge in [0, 0.05) is 19.9 Å². The first-order valence-corrected chi connectivity index (χ1v) is 8.17. The number of nitrogens with one attached hydrogen (secondary N) is 1. The number of para-hydroxylation sites is 1. The van der Waals surface area contributed by atoms with Crippen molar-refractivity contribution in [2.24, 2.45) is 12.8 Å². The van der Waals surface area contributed by atoms with E-state index in [2.05, 4.69) is 15.5 Å². The van der Waals surface area contributed by atoms with Crippen LogP contribution >= 0.6 is 23.4 Å². The number of thioether (sulfide) groups is 1. The van der Waals surface area contributed by atoms with Gasteiger partial charge in [0.1, 0.15) is 5.82 Å². The van der Waals surface area contributed by atoms with E-state index in [4.69, 9.17) is 17.3 Å². The lowest BCUT2D eigenvalue weighted by molar-refractivity contribution is -0.116. The number of carbonyl (C=O) groups excluding carboxylic acids is 2. The number of primary amides is 1. The van der Waals surface area contributed by atoms with Gasteiger partial charge in [-0.25, -0.2) is 0 Å². The third-order valence-corrected chi connectivity index (χ3v) is 4.36. The highest BCUT2D eigenvalue weighted by Crippen LogP contribution is 2.21. The second-order valence-corrected chi connectivity index (χ2v) is 6.09. The molecule has 9 heteroatoms. The number of hydrogen-bond acceptors (Lipinski definition) is 5. The molecule has 0 aliphatic carbocycles. The van der Waals surface area contributed by atoms with E-state index >= 15 is 0 Å². The molecule has 0 radical (unpaired) electrons. The third kappa shape index (κ3) is 4.97. The standard InChI is InChI=1S/C14H16ClN5O2S/c1-20-12(18-19-14(20)23-8-11(16)21)6-7-13(22)17-10-5-3-2-4-9(10)15/h2-5H,6-8H2,1H3,(H2,16,21)(H,17,22). The number of nitrogens with two attached hydrogens (primary N) is 1. The summed E-state index contributed by atoms with van der Waals surface area (Å²) in [6.07, 6.45) is 0.675. The highest BCUT2D eigenvalue weighted by atomic mass is 35.5. The largest absolute Gasteiger partial charge is 0.369 e. The van der Waals surface area contributed by atoms with Crippen molar-refractivity contribution in [3.05, 3.63) is 35.1 Å². The average Bonchev–Trinajstić information content (AvgIpc) is 2.86. The second kappa shape index (κ2) is 7.98. The molecular weight excluding hydrogens is 338 g/mol. The molecule has 7 nitrogen and oxygen atoms in total. The van der Waals surface area contributed by atoms with Gasteiger partial charge in [0.15, 0.2) is 5.16 Å². The molecule has 3 N–H and O–H groups in total. The molecule has 0 bridgehead atoms. The predicted molar refractivity (Wildman–Crippen MR) is 89.3 cm³/mol. The zero-order chi connectivity index (χ0) is 16.8. The minimum atomic E-state index is -0.418. The molecule has 1 heterocycles. The van der Waals surface area contributed by atoms with Gasteiger partial charge < -0.3 is 15.6 Å². The number of aryl methyl sites for hydroxylation is 1. The van der Waals surface area contributed by atoms with Crippen LogP contribution in [0.1, 0.15) is 12.2 Å². The summed E-state index contributed by atoms with van der Waals surface area (Å²) in [6, 6.07) is 7.04. The Morgan fingerprint density at radius 1 is 1.35 bits per heavy atom. The smallest absolute Gasteiger partial charge is 0.227 e. The number of carbonyl (C=O) groups is 2. The highest BCUT2D eigenvalue weighted by Gasteiger charge is 2.12. The van der Waals surface area contributed by atoms with E-state index in [1.165, 1.54) is 11.8 Å².